The van der Waals surface area contributed by atoms with Crippen LogP contribution in [0.25, 0.3) is 0 Å². The van der Waals surface area contributed by atoms with Crippen molar-refractivity contribution >= 4 is 40.8 Å². The van der Waals surface area contributed by atoms with E-state index in [1.807, 2.05) is 0 Å². The highest BCUT2D eigenvalue weighted by atomic mass is 35.5. The number of nitrogens with one attached hydrogen (secondary N) is 1. The summed E-state index contributed by atoms with van der Waals surface area (Å²) in [5, 5.41) is 12.9. The molecule has 28 heavy (non-hydrogen) atoms. The Labute approximate surface area is 166 Å². The number of anilines is 2. The van der Waals surface area contributed by atoms with Crippen molar-refractivity contribution in [2.75, 3.05) is 10.2 Å². The van der Waals surface area contributed by atoms with Gasteiger partial charge in [0, 0.05) is 5.02 Å². The van der Waals surface area contributed by atoms with Crippen molar-refractivity contribution in [2.45, 2.75) is 32.4 Å². The zero-order chi connectivity index (χ0) is 20.6. The van der Waals surface area contributed by atoms with Gasteiger partial charge in [-0.3, -0.25) is 14.5 Å². The topological polar surface area (TPSA) is 95.9 Å². The van der Waals surface area contributed by atoms with Crippen molar-refractivity contribution in [1.82, 2.24) is 0 Å². The van der Waals surface area contributed by atoms with Gasteiger partial charge in [-0.05, 0) is 51.1 Å². The van der Waals surface area contributed by atoms with Crippen LogP contribution in [0.1, 0.15) is 31.1 Å². The van der Waals surface area contributed by atoms with Gasteiger partial charge in [-0.1, -0.05) is 23.7 Å². The van der Waals surface area contributed by atoms with Gasteiger partial charge in [-0.2, -0.15) is 0 Å². The Kier molecular flexibility index (Phi) is 5.04. The van der Waals surface area contributed by atoms with Gasteiger partial charge in [0.2, 0.25) is 5.91 Å². The average Bonchev–Trinajstić information content (AvgIpc) is 2.62. The van der Waals surface area contributed by atoms with E-state index in [9.17, 15) is 19.5 Å². The number of benzene rings is 2. The Bertz CT molecular complexity index is 973. The molecule has 2 N–H and O–H groups in total. The van der Waals surface area contributed by atoms with Gasteiger partial charge in [0.15, 0.2) is 6.10 Å². The van der Waals surface area contributed by atoms with E-state index in [1.54, 1.807) is 38.1 Å². The number of carbonyl (C=O) groups is 3. The molecule has 0 saturated carbocycles. The molecule has 2 amide bonds. The van der Waals surface area contributed by atoms with E-state index < -0.39 is 23.5 Å². The predicted octanol–water partition coefficient (Wildman–Crippen LogP) is 3.35. The number of hydrogen-bond acceptors (Lipinski definition) is 5. The average molecular weight is 403 g/mol. The van der Waals surface area contributed by atoms with E-state index in [4.69, 9.17) is 16.3 Å². The number of phenolic OH excluding ortho intramolecular Hbond substituents is 1. The molecule has 7 nitrogen and oxygen atoms in total. The molecule has 0 saturated heterocycles. The van der Waals surface area contributed by atoms with Gasteiger partial charge >= 0.3 is 5.97 Å². The maximum absolute atomic E-state index is 13.1. The standard InChI is InChI=1S/C20H19ClN2O5/c1-11(28-18(26)13-9-8-12(21)10-16(13)24)17(25)23-15-7-5-4-6-14(15)22-19(27)20(23,2)3/h4-11,24H,1-3H3,(H,22,27)/t11-/m0/s1. The first-order valence-corrected chi connectivity index (χ1v) is 8.94. The monoisotopic (exact) mass is 402 g/mol. The van der Waals surface area contributed by atoms with Gasteiger partial charge in [0.25, 0.3) is 5.91 Å². The van der Waals surface area contributed by atoms with E-state index in [1.165, 1.54) is 30.0 Å². The van der Waals surface area contributed by atoms with Crippen molar-refractivity contribution in [3.63, 3.8) is 0 Å². The van der Waals surface area contributed by atoms with Crippen molar-refractivity contribution in [1.29, 1.82) is 0 Å². The Hall–Kier alpha value is -3.06. The van der Waals surface area contributed by atoms with Gasteiger partial charge < -0.3 is 15.2 Å². The summed E-state index contributed by atoms with van der Waals surface area (Å²) >= 11 is 5.76. The first kappa shape index (κ1) is 19.7. The van der Waals surface area contributed by atoms with Crippen molar-refractivity contribution in [3.8, 4) is 5.75 Å². The molecule has 1 atom stereocenters. The summed E-state index contributed by atoms with van der Waals surface area (Å²) in [7, 11) is 0. The molecule has 0 bridgehead atoms. The molecule has 0 aliphatic carbocycles. The number of aromatic hydroxyl groups is 1. The molecule has 0 unspecified atom stereocenters. The number of hydrogen-bond donors (Lipinski definition) is 2. The third-order valence-electron chi connectivity index (χ3n) is 4.54. The molecule has 1 aliphatic heterocycles. The van der Waals surface area contributed by atoms with E-state index in [0.717, 1.165) is 0 Å². The number of para-hydroxylation sites is 2. The molecule has 0 fully saturated rings. The van der Waals surface area contributed by atoms with Crippen LogP contribution in [0.15, 0.2) is 42.5 Å². The number of fused-ring (bicyclic) bond motifs is 1. The summed E-state index contributed by atoms with van der Waals surface area (Å²) < 4.78 is 5.25. The van der Waals surface area contributed by atoms with E-state index in [-0.39, 0.29) is 22.2 Å². The van der Waals surface area contributed by atoms with E-state index in [2.05, 4.69) is 5.32 Å². The second-order valence-corrected chi connectivity index (χ2v) is 7.35. The van der Waals surface area contributed by atoms with Crippen LogP contribution >= 0.6 is 11.6 Å². The van der Waals surface area contributed by atoms with E-state index >= 15 is 0 Å². The number of rotatable bonds is 3. The van der Waals surface area contributed by atoms with Crippen LogP contribution in [0.3, 0.4) is 0 Å². The lowest BCUT2D eigenvalue weighted by Gasteiger charge is -2.42. The highest BCUT2D eigenvalue weighted by molar-refractivity contribution is 6.30. The number of halogens is 1. The molecular formula is C20H19ClN2O5. The van der Waals surface area contributed by atoms with Crippen molar-refractivity contribution < 1.29 is 24.2 Å². The molecule has 0 radical (unpaired) electrons. The van der Waals surface area contributed by atoms with Crippen LogP contribution < -0.4 is 10.2 Å². The number of ether oxygens (including phenoxy) is 1. The SMILES string of the molecule is C[C@H](OC(=O)c1ccc(Cl)cc1O)C(=O)N1c2ccccc2NC(=O)C1(C)C. The lowest BCUT2D eigenvalue weighted by molar-refractivity contribution is -0.131. The third-order valence-corrected chi connectivity index (χ3v) is 4.77. The highest BCUT2D eigenvalue weighted by Crippen LogP contribution is 2.37. The van der Waals surface area contributed by atoms with Crippen LogP contribution in [-0.2, 0) is 14.3 Å². The quantitative estimate of drug-likeness (QED) is 0.767. The summed E-state index contributed by atoms with van der Waals surface area (Å²) in [5.74, 6) is -2.13. The number of nitrogens with zero attached hydrogens (tertiary/aromatic N) is 1. The van der Waals surface area contributed by atoms with Crippen LogP contribution in [0.5, 0.6) is 5.75 Å². The zero-order valence-corrected chi connectivity index (χ0v) is 16.3. The molecule has 8 heteroatoms. The third kappa shape index (κ3) is 3.41. The van der Waals surface area contributed by atoms with Gasteiger partial charge in [-0.15, -0.1) is 0 Å². The second-order valence-electron chi connectivity index (χ2n) is 6.91. The summed E-state index contributed by atoms with van der Waals surface area (Å²) in [6, 6.07) is 10.8. The minimum Gasteiger partial charge on any atom is -0.507 e. The first-order chi connectivity index (χ1) is 13.1. The molecule has 2 aromatic carbocycles. The fraction of sp³-hybridized carbons (Fsp3) is 0.250. The maximum atomic E-state index is 13.1. The zero-order valence-electron chi connectivity index (χ0n) is 15.5. The largest absolute Gasteiger partial charge is 0.507 e. The lowest BCUT2D eigenvalue weighted by atomic mass is 9.95. The molecule has 2 aromatic rings. The van der Waals surface area contributed by atoms with Crippen LogP contribution in [0.4, 0.5) is 11.4 Å². The fourth-order valence-corrected chi connectivity index (χ4v) is 3.15. The van der Waals surface area contributed by atoms with Crippen LogP contribution in [0, 0.1) is 0 Å². The minimum atomic E-state index is -1.19. The Balaban J connectivity index is 1.88. The minimum absolute atomic E-state index is 0.111. The first-order valence-electron chi connectivity index (χ1n) is 8.57. The Morgan fingerprint density at radius 2 is 1.89 bits per heavy atom. The maximum Gasteiger partial charge on any atom is 0.342 e. The summed E-state index contributed by atoms with van der Waals surface area (Å²) in [6.45, 7) is 4.63. The molecule has 1 aliphatic rings. The van der Waals surface area contributed by atoms with Gasteiger partial charge in [-0.25, -0.2) is 4.79 Å². The summed E-state index contributed by atoms with van der Waals surface area (Å²) in [5.41, 5.74) is -0.294. The molecule has 1 heterocycles. The van der Waals surface area contributed by atoms with Crippen LogP contribution in [0.2, 0.25) is 5.02 Å². The molecular weight excluding hydrogens is 384 g/mol. The van der Waals surface area contributed by atoms with Crippen molar-refractivity contribution in [2.24, 2.45) is 0 Å². The smallest absolute Gasteiger partial charge is 0.342 e. The normalized spacial score (nSPS) is 16.0. The number of carbonyl (C=O) groups excluding carboxylic acids is 3. The van der Waals surface area contributed by atoms with Crippen molar-refractivity contribution in [3.05, 3.63) is 53.1 Å². The molecule has 0 spiro atoms. The molecule has 0 aromatic heterocycles. The Morgan fingerprint density at radius 1 is 1.21 bits per heavy atom. The molecule has 146 valence electrons. The number of phenols is 1. The highest BCUT2D eigenvalue weighted by Gasteiger charge is 2.45. The van der Waals surface area contributed by atoms with Crippen LogP contribution in [-0.4, -0.2) is 34.5 Å². The number of amides is 2. The lowest BCUT2D eigenvalue weighted by Crippen LogP contribution is -2.60. The fourth-order valence-electron chi connectivity index (χ4n) is 2.98. The summed E-state index contributed by atoms with van der Waals surface area (Å²) in [4.78, 5) is 39.3. The summed E-state index contributed by atoms with van der Waals surface area (Å²) in [6.07, 6.45) is -1.19. The molecule has 3 rings (SSSR count). The van der Waals surface area contributed by atoms with E-state index in [0.29, 0.717) is 11.4 Å². The predicted molar refractivity (Wildman–Crippen MR) is 105 cm³/mol. The Morgan fingerprint density at radius 3 is 2.57 bits per heavy atom. The van der Waals surface area contributed by atoms with Gasteiger partial charge in [0.1, 0.15) is 16.9 Å². The second kappa shape index (κ2) is 7.16. The van der Waals surface area contributed by atoms with Gasteiger partial charge in [0.05, 0.1) is 11.4 Å². The number of esters is 1.